The quantitative estimate of drug-likeness (QED) is 0.639. The van der Waals surface area contributed by atoms with Crippen molar-refractivity contribution in [1.29, 1.82) is 0 Å². The van der Waals surface area contributed by atoms with Crippen LogP contribution in [-0.4, -0.2) is 47.1 Å². The van der Waals surface area contributed by atoms with Crippen molar-refractivity contribution in [2.24, 2.45) is 0 Å². The number of aromatic nitrogens is 2. The molecule has 1 aromatic heterocycles. The number of rotatable bonds is 1. The standard InChI is InChI=1S/C9H13N5O2/c10-7-6(5-12-9(11)13-7)8(15)14-1-3-16-4-2-14/h5H,1-4H2,(H4,10,11,12,13). The molecule has 1 fully saturated rings. The number of nitrogens with zero attached hydrogens (tertiary/aromatic N) is 3. The third kappa shape index (κ3) is 2.03. The van der Waals surface area contributed by atoms with Crippen LogP contribution in [0.1, 0.15) is 10.4 Å². The summed E-state index contributed by atoms with van der Waals surface area (Å²) < 4.78 is 5.16. The van der Waals surface area contributed by atoms with Gasteiger partial charge in [-0.1, -0.05) is 0 Å². The van der Waals surface area contributed by atoms with Gasteiger partial charge in [0.15, 0.2) is 0 Å². The van der Waals surface area contributed by atoms with Crippen molar-refractivity contribution in [2.75, 3.05) is 37.8 Å². The van der Waals surface area contributed by atoms with E-state index in [4.69, 9.17) is 16.2 Å². The van der Waals surface area contributed by atoms with E-state index in [0.29, 0.717) is 26.3 Å². The van der Waals surface area contributed by atoms with Gasteiger partial charge in [0.1, 0.15) is 11.4 Å². The van der Waals surface area contributed by atoms with Crippen molar-refractivity contribution < 1.29 is 9.53 Å². The van der Waals surface area contributed by atoms with Gasteiger partial charge in [0.25, 0.3) is 5.91 Å². The largest absolute Gasteiger partial charge is 0.383 e. The molecule has 0 saturated carbocycles. The molecule has 1 amide bonds. The van der Waals surface area contributed by atoms with Crippen molar-refractivity contribution in [3.8, 4) is 0 Å². The average Bonchev–Trinajstić information content (AvgIpc) is 2.29. The summed E-state index contributed by atoms with van der Waals surface area (Å²) in [6.45, 7) is 2.20. The Morgan fingerprint density at radius 1 is 1.38 bits per heavy atom. The van der Waals surface area contributed by atoms with Gasteiger partial charge in [-0.15, -0.1) is 0 Å². The topological polar surface area (TPSA) is 107 Å². The van der Waals surface area contributed by atoms with Gasteiger partial charge in [0.05, 0.1) is 13.2 Å². The van der Waals surface area contributed by atoms with E-state index in [0.717, 1.165) is 0 Å². The Labute approximate surface area is 92.4 Å². The molecule has 1 aliphatic heterocycles. The van der Waals surface area contributed by atoms with Gasteiger partial charge < -0.3 is 21.1 Å². The lowest BCUT2D eigenvalue weighted by Crippen LogP contribution is -2.41. The fourth-order valence-electron chi connectivity index (χ4n) is 1.51. The lowest BCUT2D eigenvalue weighted by Gasteiger charge is -2.26. The number of nitrogens with two attached hydrogens (primary N) is 2. The molecule has 4 N–H and O–H groups in total. The molecule has 86 valence electrons. The maximum Gasteiger partial charge on any atom is 0.259 e. The Morgan fingerprint density at radius 2 is 2.06 bits per heavy atom. The van der Waals surface area contributed by atoms with E-state index in [2.05, 4.69) is 9.97 Å². The third-order valence-corrected chi connectivity index (χ3v) is 2.37. The monoisotopic (exact) mass is 223 g/mol. The molecule has 7 nitrogen and oxygen atoms in total. The predicted molar refractivity (Wildman–Crippen MR) is 57.6 cm³/mol. The maximum absolute atomic E-state index is 12.0. The summed E-state index contributed by atoms with van der Waals surface area (Å²) in [6, 6.07) is 0. The number of anilines is 2. The van der Waals surface area contributed by atoms with E-state index in [1.54, 1.807) is 4.90 Å². The minimum atomic E-state index is -0.180. The van der Waals surface area contributed by atoms with Crippen molar-refractivity contribution in [1.82, 2.24) is 14.9 Å². The molecule has 2 heterocycles. The zero-order chi connectivity index (χ0) is 11.5. The van der Waals surface area contributed by atoms with Crippen LogP contribution in [0.25, 0.3) is 0 Å². The Morgan fingerprint density at radius 3 is 2.69 bits per heavy atom. The van der Waals surface area contributed by atoms with Gasteiger partial charge in [-0.05, 0) is 0 Å². The average molecular weight is 223 g/mol. The van der Waals surface area contributed by atoms with Crippen molar-refractivity contribution in [3.63, 3.8) is 0 Å². The number of carbonyl (C=O) groups excluding carboxylic acids is 1. The fourth-order valence-corrected chi connectivity index (χ4v) is 1.51. The first kappa shape index (κ1) is 10.6. The van der Waals surface area contributed by atoms with Gasteiger partial charge in [0, 0.05) is 19.3 Å². The number of ether oxygens (including phenoxy) is 1. The Bertz CT molecular complexity index is 403. The highest BCUT2D eigenvalue weighted by Crippen LogP contribution is 2.12. The molecule has 1 aromatic rings. The molecular formula is C9H13N5O2. The van der Waals surface area contributed by atoms with Gasteiger partial charge in [-0.2, -0.15) is 4.98 Å². The molecule has 1 aliphatic rings. The number of amides is 1. The van der Waals surface area contributed by atoms with Crippen molar-refractivity contribution >= 4 is 17.7 Å². The zero-order valence-electron chi connectivity index (χ0n) is 8.72. The van der Waals surface area contributed by atoms with Gasteiger partial charge in [-0.25, -0.2) is 4.98 Å². The molecule has 0 bridgehead atoms. The van der Waals surface area contributed by atoms with Gasteiger partial charge in [0.2, 0.25) is 5.95 Å². The lowest BCUT2D eigenvalue weighted by atomic mass is 10.2. The first-order valence-electron chi connectivity index (χ1n) is 4.93. The highest BCUT2D eigenvalue weighted by molar-refractivity contribution is 5.98. The second-order valence-corrected chi connectivity index (χ2v) is 3.43. The van der Waals surface area contributed by atoms with E-state index < -0.39 is 0 Å². The molecule has 0 aromatic carbocycles. The molecule has 7 heteroatoms. The van der Waals surface area contributed by atoms with E-state index in [1.165, 1.54) is 6.20 Å². The van der Waals surface area contributed by atoms with Crippen molar-refractivity contribution in [2.45, 2.75) is 0 Å². The minimum Gasteiger partial charge on any atom is -0.383 e. The van der Waals surface area contributed by atoms with E-state index in [1.807, 2.05) is 0 Å². The lowest BCUT2D eigenvalue weighted by molar-refractivity contribution is 0.0303. The highest BCUT2D eigenvalue weighted by Gasteiger charge is 2.21. The molecule has 0 aliphatic carbocycles. The molecule has 16 heavy (non-hydrogen) atoms. The number of carbonyl (C=O) groups is 1. The SMILES string of the molecule is Nc1ncc(C(=O)N2CCOCC2)c(N)n1. The highest BCUT2D eigenvalue weighted by atomic mass is 16.5. The van der Waals surface area contributed by atoms with Crippen LogP contribution < -0.4 is 11.5 Å². The van der Waals surface area contributed by atoms with E-state index in [-0.39, 0.29) is 23.2 Å². The first-order chi connectivity index (χ1) is 7.68. The molecule has 0 unspecified atom stereocenters. The van der Waals surface area contributed by atoms with Crippen LogP contribution >= 0.6 is 0 Å². The predicted octanol–water partition coefficient (Wildman–Crippen LogP) is -0.887. The van der Waals surface area contributed by atoms with Crippen molar-refractivity contribution in [3.05, 3.63) is 11.8 Å². The van der Waals surface area contributed by atoms with Crippen LogP contribution in [0.2, 0.25) is 0 Å². The summed E-state index contributed by atoms with van der Waals surface area (Å²) in [5.41, 5.74) is 11.3. The van der Waals surface area contributed by atoms with Crippen LogP contribution in [0.5, 0.6) is 0 Å². The smallest absolute Gasteiger partial charge is 0.259 e. The zero-order valence-corrected chi connectivity index (χ0v) is 8.72. The van der Waals surface area contributed by atoms with Crippen LogP contribution in [0, 0.1) is 0 Å². The number of hydrogen-bond donors (Lipinski definition) is 2. The van der Waals surface area contributed by atoms with E-state index in [9.17, 15) is 4.79 Å². The molecule has 2 rings (SSSR count). The van der Waals surface area contributed by atoms with Crippen LogP contribution in [0.15, 0.2) is 6.20 Å². The Kier molecular flexibility index (Phi) is 2.86. The van der Waals surface area contributed by atoms with Crippen LogP contribution in [-0.2, 0) is 4.74 Å². The number of hydrogen-bond acceptors (Lipinski definition) is 6. The fraction of sp³-hybridized carbons (Fsp3) is 0.444. The number of nitrogen functional groups attached to an aromatic ring is 2. The summed E-state index contributed by atoms with van der Waals surface area (Å²) >= 11 is 0. The molecule has 0 atom stereocenters. The number of morpholine rings is 1. The molecular weight excluding hydrogens is 210 g/mol. The molecule has 0 spiro atoms. The second-order valence-electron chi connectivity index (χ2n) is 3.43. The first-order valence-corrected chi connectivity index (χ1v) is 4.93. The summed E-state index contributed by atoms with van der Waals surface area (Å²) in [5, 5.41) is 0. The molecule has 0 radical (unpaired) electrons. The second kappa shape index (κ2) is 4.31. The summed E-state index contributed by atoms with van der Waals surface area (Å²) in [6.07, 6.45) is 1.36. The maximum atomic E-state index is 12.0. The minimum absolute atomic E-state index is 0.0658. The van der Waals surface area contributed by atoms with E-state index >= 15 is 0 Å². The van der Waals surface area contributed by atoms with Crippen LogP contribution in [0.4, 0.5) is 11.8 Å². The van der Waals surface area contributed by atoms with Crippen LogP contribution in [0.3, 0.4) is 0 Å². The molecule has 1 saturated heterocycles. The summed E-state index contributed by atoms with van der Waals surface area (Å²) in [4.78, 5) is 21.2. The Hall–Kier alpha value is -1.89. The van der Waals surface area contributed by atoms with Gasteiger partial charge >= 0.3 is 0 Å². The summed E-state index contributed by atoms with van der Waals surface area (Å²) in [5.74, 6) is 0.000759. The third-order valence-electron chi connectivity index (χ3n) is 2.37. The summed E-state index contributed by atoms with van der Waals surface area (Å²) in [7, 11) is 0. The van der Waals surface area contributed by atoms with Gasteiger partial charge in [-0.3, -0.25) is 4.79 Å². The Balaban J connectivity index is 2.19. The normalized spacial score (nSPS) is 16.1.